The fourth-order valence-corrected chi connectivity index (χ4v) is 2.13. The zero-order valence-corrected chi connectivity index (χ0v) is 13.2. The van der Waals surface area contributed by atoms with E-state index < -0.39 is 23.2 Å². The summed E-state index contributed by atoms with van der Waals surface area (Å²) >= 11 is 0. The molecule has 0 amide bonds. The van der Waals surface area contributed by atoms with E-state index in [0.717, 1.165) is 12.8 Å². The molecular weight excluding hydrogens is 287 g/mol. The third-order valence-corrected chi connectivity index (χ3v) is 4.38. The number of hydrogen-bond acceptors (Lipinski definition) is 6. The molecule has 22 heavy (non-hydrogen) atoms. The smallest absolute Gasteiger partial charge is 0.483 e. The summed E-state index contributed by atoms with van der Waals surface area (Å²) in [5.41, 5.74) is -0.621. The molecule has 1 aliphatic heterocycles. The second-order valence-corrected chi connectivity index (χ2v) is 6.74. The normalized spacial score (nSPS) is 22.6. The first-order valence-corrected chi connectivity index (χ1v) is 7.36. The topological polar surface area (TPSA) is 83.7 Å². The maximum atomic E-state index is 11.1. The van der Waals surface area contributed by atoms with Crippen LogP contribution in [-0.2, 0) is 9.31 Å². The highest BCUT2D eigenvalue weighted by Crippen LogP contribution is 2.37. The lowest BCUT2D eigenvalue weighted by molar-refractivity contribution is -0.386. The van der Waals surface area contributed by atoms with Crippen LogP contribution in [0.4, 0.5) is 5.69 Å². The van der Waals surface area contributed by atoms with Crippen molar-refractivity contribution >= 4 is 18.4 Å². The van der Waals surface area contributed by atoms with Crippen molar-refractivity contribution in [3.05, 3.63) is 22.4 Å². The van der Waals surface area contributed by atoms with Crippen LogP contribution in [0, 0.1) is 10.1 Å². The molecule has 3 rings (SSSR count). The van der Waals surface area contributed by atoms with Crippen molar-refractivity contribution in [3.8, 4) is 5.75 Å². The third-order valence-electron chi connectivity index (χ3n) is 4.38. The molecule has 0 N–H and O–H groups in total. The first-order valence-electron chi connectivity index (χ1n) is 7.36. The fourth-order valence-electron chi connectivity index (χ4n) is 2.13. The van der Waals surface area contributed by atoms with Gasteiger partial charge in [-0.25, -0.2) is 0 Å². The van der Waals surface area contributed by atoms with Crippen LogP contribution in [0.5, 0.6) is 5.75 Å². The van der Waals surface area contributed by atoms with E-state index in [1.54, 1.807) is 6.07 Å². The Morgan fingerprint density at radius 2 is 1.91 bits per heavy atom. The Bertz CT molecular complexity index is 599. The molecular formula is C14H19BN2O5. The molecule has 1 aromatic rings. The average molecular weight is 306 g/mol. The summed E-state index contributed by atoms with van der Waals surface area (Å²) in [7, 11) is -0.660. The van der Waals surface area contributed by atoms with Gasteiger partial charge in [-0.2, -0.15) is 0 Å². The van der Waals surface area contributed by atoms with E-state index in [1.165, 1.54) is 6.20 Å². The second-order valence-electron chi connectivity index (χ2n) is 6.74. The van der Waals surface area contributed by atoms with Gasteiger partial charge in [-0.3, -0.25) is 15.1 Å². The fraction of sp³-hybridized carbons (Fsp3) is 0.643. The van der Waals surface area contributed by atoms with E-state index in [1.807, 2.05) is 27.7 Å². The summed E-state index contributed by atoms with van der Waals surface area (Å²) < 4.78 is 17.5. The molecule has 2 heterocycles. The lowest BCUT2D eigenvalue weighted by Gasteiger charge is -2.32. The second kappa shape index (κ2) is 4.92. The van der Waals surface area contributed by atoms with Gasteiger partial charge in [0.25, 0.3) is 0 Å². The molecule has 118 valence electrons. The van der Waals surface area contributed by atoms with Crippen LogP contribution in [0.25, 0.3) is 0 Å². The quantitative estimate of drug-likeness (QED) is 0.479. The number of ether oxygens (including phenoxy) is 1. The summed E-state index contributed by atoms with van der Waals surface area (Å²) in [4.78, 5) is 14.7. The molecule has 2 fully saturated rings. The van der Waals surface area contributed by atoms with Gasteiger partial charge in [0.05, 0.1) is 27.8 Å². The Labute approximate surface area is 129 Å². The molecule has 0 bridgehead atoms. The van der Waals surface area contributed by atoms with Crippen LogP contribution in [0.15, 0.2) is 12.3 Å². The molecule has 0 spiro atoms. The Morgan fingerprint density at radius 3 is 2.41 bits per heavy atom. The van der Waals surface area contributed by atoms with E-state index in [0.29, 0.717) is 5.59 Å². The number of nitro groups is 1. The molecule has 0 unspecified atom stereocenters. The maximum absolute atomic E-state index is 11.1. The van der Waals surface area contributed by atoms with Crippen LogP contribution in [0.3, 0.4) is 0 Å². The number of nitrogens with zero attached hydrogens (tertiary/aromatic N) is 2. The molecule has 2 aliphatic rings. The minimum Gasteiger partial charge on any atom is -0.483 e. The highest BCUT2D eigenvalue weighted by Gasteiger charge is 2.52. The van der Waals surface area contributed by atoms with Gasteiger partial charge >= 0.3 is 12.8 Å². The van der Waals surface area contributed by atoms with Gasteiger partial charge in [-0.1, -0.05) is 0 Å². The lowest BCUT2D eigenvalue weighted by Crippen LogP contribution is -2.41. The largest absolute Gasteiger partial charge is 0.514 e. The lowest BCUT2D eigenvalue weighted by atomic mass is 9.84. The van der Waals surface area contributed by atoms with Crippen molar-refractivity contribution < 1.29 is 19.0 Å². The molecule has 0 aromatic carbocycles. The minimum atomic E-state index is -0.660. The summed E-state index contributed by atoms with van der Waals surface area (Å²) in [6.45, 7) is 7.78. The van der Waals surface area contributed by atoms with Gasteiger partial charge in [-0.15, -0.1) is 0 Å². The van der Waals surface area contributed by atoms with Gasteiger partial charge in [0.2, 0.25) is 0 Å². The van der Waals surface area contributed by atoms with Crippen LogP contribution >= 0.6 is 0 Å². The predicted molar refractivity (Wildman–Crippen MR) is 80.3 cm³/mol. The molecule has 1 saturated heterocycles. The molecule has 8 heteroatoms. The Kier molecular flexibility index (Phi) is 3.41. The van der Waals surface area contributed by atoms with E-state index in [4.69, 9.17) is 14.0 Å². The van der Waals surface area contributed by atoms with Crippen molar-refractivity contribution in [2.24, 2.45) is 0 Å². The minimum absolute atomic E-state index is 0.0623. The number of rotatable bonds is 4. The Hall–Kier alpha value is -1.67. The third kappa shape index (κ3) is 2.68. The van der Waals surface area contributed by atoms with Crippen LogP contribution < -0.4 is 10.3 Å². The predicted octanol–water partition coefficient (Wildman–Crippen LogP) is 1.83. The van der Waals surface area contributed by atoms with E-state index >= 15 is 0 Å². The molecule has 1 saturated carbocycles. The summed E-state index contributed by atoms with van der Waals surface area (Å²) in [5.74, 6) is 0.229. The summed E-state index contributed by atoms with van der Waals surface area (Å²) in [6.07, 6.45) is 3.11. The summed E-state index contributed by atoms with van der Waals surface area (Å²) in [6, 6.07) is 1.55. The van der Waals surface area contributed by atoms with E-state index in [9.17, 15) is 10.1 Å². The Balaban J connectivity index is 1.90. The molecule has 0 atom stereocenters. The highest BCUT2D eigenvalue weighted by molar-refractivity contribution is 6.61. The zero-order valence-electron chi connectivity index (χ0n) is 13.2. The summed E-state index contributed by atoms with van der Waals surface area (Å²) in [5, 5.41) is 11.1. The van der Waals surface area contributed by atoms with Gasteiger partial charge in [-0.05, 0) is 40.5 Å². The van der Waals surface area contributed by atoms with E-state index in [2.05, 4.69) is 4.98 Å². The molecule has 0 radical (unpaired) electrons. The van der Waals surface area contributed by atoms with Crippen molar-refractivity contribution in [2.75, 3.05) is 0 Å². The number of aromatic nitrogens is 1. The van der Waals surface area contributed by atoms with Crippen molar-refractivity contribution in [3.63, 3.8) is 0 Å². The standard InChI is InChI=1S/C14H19BN2O5/c1-13(2)14(3,4)22-15(21-13)12-7-11(20-9-5-6-9)10(8-16-12)17(18)19/h7-9H,5-6H2,1-4H3. The van der Waals surface area contributed by atoms with Gasteiger partial charge < -0.3 is 14.0 Å². The van der Waals surface area contributed by atoms with Gasteiger partial charge in [0.15, 0.2) is 5.75 Å². The number of hydrogen-bond donors (Lipinski definition) is 0. The first-order chi connectivity index (χ1) is 10.2. The molecule has 1 aliphatic carbocycles. The first kappa shape index (κ1) is 15.2. The van der Waals surface area contributed by atoms with Crippen LogP contribution in [0.2, 0.25) is 0 Å². The van der Waals surface area contributed by atoms with E-state index in [-0.39, 0.29) is 17.5 Å². The molecule has 7 nitrogen and oxygen atoms in total. The zero-order chi connectivity index (χ0) is 16.1. The number of pyridine rings is 1. The highest BCUT2D eigenvalue weighted by atomic mass is 16.7. The Morgan fingerprint density at radius 1 is 1.32 bits per heavy atom. The van der Waals surface area contributed by atoms with Gasteiger partial charge in [0.1, 0.15) is 6.20 Å². The SMILES string of the molecule is CC1(C)OB(c2cc(OC3CC3)c([N+](=O)[O-])cn2)OC1(C)C. The van der Waals surface area contributed by atoms with Crippen LogP contribution in [-0.4, -0.2) is 34.3 Å². The van der Waals surface area contributed by atoms with Gasteiger partial charge in [0, 0.05) is 6.07 Å². The molecule has 1 aromatic heterocycles. The van der Waals surface area contributed by atoms with Crippen molar-refractivity contribution in [2.45, 2.75) is 57.8 Å². The monoisotopic (exact) mass is 306 g/mol. The van der Waals surface area contributed by atoms with Crippen molar-refractivity contribution in [1.29, 1.82) is 0 Å². The van der Waals surface area contributed by atoms with Crippen molar-refractivity contribution in [1.82, 2.24) is 4.98 Å². The van der Waals surface area contributed by atoms with Crippen LogP contribution in [0.1, 0.15) is 40.5 Å². The maximum Gasteiger partial charge on any atom is 0.514 e. The average Bonchev–Trinajstić information content (AvgIpc) is 3.17.